The Kier molecular flexibility index (Phi) is 3.31. The summed E-state index contributed by atoms with van der Waals surface area (Å²) in [5.41, 5.74) is -0.688. The number of halogens is 4. The van der Waals surface area contributed by atoms with Crippen LogP contribution in [0, 0.1) is 5.95 Å². The molecule has 0 amide bonds. The van der Waals surface area contributed by atoms with Crippen LogP contribution in [-0.2, 0) is 4.74 Å². The highest BCUT2D eigenvalue weighted by Gasteiger charge is 2.35. The first-order valence-electron chi connectivity index (χ1n) is 3.83. The highest BCUT2D eigenvalue weighted by atomic mass is 19.4. The zero-order valence-corrected chi connectivity index (χ0v) is 7.84. The van der Waals surface area contributed by atoms with Crippen LogP contribution in [0.5, 0.6) is 5.75 Å². The van der Waals surface area contributed by atoms with Gasteiger partial charge < -0.3 is 9.47 Å². The molecule has 1 aromatic rings. The molecule has 0 aromatic carbocycles. The Morgan fingerprint density at radius 2 is 2.06 bits per heavy atom. The minimum Gasteiger partial charge on any atom is -0.465 e. The maximum atomic E-state index is 12.9. The first-order valence-corrected chi connectivity index (χ1v) is 3.83. The average molecular weight is 239 g/mol. The van der Waals surface area contributed by atoms with Crippen molar-refractivity contribution in [1.82, 2.24) is 4.98 Å². The number of aromatic nitrogens is 1. The molecule has 0 fully saturated rings. The molecule has 0 radical (unpaired) electrons. The van der Waals surface area contributed by atoms with E-state index in [-0.39, 0.29) is 0 Å². The standard InChI is InChI=1S/C8H5F4NO3/c1-15-7(14)4-2-3-13-6(9)5(4)16-8(10,11)12/h2-3H,1H3. The van der Waals surface area contributed by atoms with Gasteiger partial charge in [-0.3, -0.25) is 0 Å². The zero-order valence-electron chi connectivity index (χ0n) is 7.84. The van der Waals surface area contributed by atoms with Crippen molar-refractivity contribution in [2.45, 2.75) is 6.36 Å². The molecule has 0 N–H and O–H groups in total. The SMILES string of the molecule is COC(=O)c1ccnc(F)c1OC(F)(F)F. The maximum Gasteiger partial charge on any atom is 0.573 e. The van der Waals surface area contributed by atoms with Gasteiger partial charge in [-0.05, 0) is 6.07 Å². The number of hydrogen-bond acceptors (Lipinski definition) is 4. The highest BCUT2D eigenvalue weighted by Crippen LogP contribution is 2.28. The predicted octanol–water partition coefficient (Wildman–Crippen LogP) is 1.91. The van der Waals surface area contributed by atoms with Gasteiger partial charge in [0.05, 0.1) is 7.11 Å². The summed E-state index contributed by atoms with van der Waals surface area (Å²) in [7, 11) is 0.942. The molecule has 0 saturated carbocycles. The monoisotopic (exact) mass is 239 g/mol. The fourth-order valence-corrected chi connectivity index (χ4v) is 0.906. The molecule has 0 unspecified atom stereocenters. The predicted molar refractivity (Wildman–Crippen MR) is 42.2 cm³/mol. The summed E-state index contributed by atoms with van der Waals surface area (Å²) in [5, 5.41) is 0. The first-order chi connectivity index (χ1) is 7.35. The van der Waals surface area contributed by atoms with Crippen LogP contribution in [0.3, 0.4) is 0 Å². The Morgan fingerprint density at radius 1 is 1.44 bits per heavy atom. The fraction of sp³-hybridized carbons (Fsp3) is 0.250. The molecule has 88 valence electrons. The lowest BCUT2D eigenvalue weighted by Crippen LogP contribution is -2.20. The minimum atomic E-state index is -5.12. The molecule has 0 aliphatic heterocycles. The van der Waals surface area contributed by atoms with E-state index in [1.54, 1.807) is 0 Å². The molecule has 1 aromatic heterocycles. The van der Waals surface area contributed by atoms with Crippen molar-refractivity contribution in [3.63, 3.8) is 0 Å². The molecule has 16 heavy (non-hydrogen) atoms. The lowest BCUT2D eigenvalue weighted by atomic mass is 10.2. The molecule has 0 aliphatic carbocycles. The van der Waals surface area contributed by atoms with Crippen molar-refractivity contribution in [3.05, 3.63) is 23.8 Å². The summed E-state index contributed by atoms with van der Waals surface area (Å²) in [6.07, 6.45) is -4.29. The van der Waals surface area contributed by atoms with Gasteiger partial charge in [-0.15, -0.1) is 13.2 Å². The van der Waals surface area contributed by atoms with Gasteiger partial charge in [0.15, 0.2) is 5.75 Å². The summed E-state index contributed by atoms with van der Waals surface area (Å²) in [4.78, 5) is 13.9. The van der Waals surface area contributed by atoms with E-state index in [9.17, 15) is 22.4 Å². The fourth-order valence-electron chi connectivity index (χ4n) is 0.906. The number of methoxy groups -OCH3 is 1. The molecule has 0 bridgehead atoms. The van der Waals surface area contributed by atoms with Crippen molar-refractivity contribution < 1.29 is 31.8 Å². The summed E-state index contributed by atoms with van der Waals surface area (Å²) in [5.74, 6) is -4.00. The van der Waals surface area contributed by atoms with E-state index in [0.29, 0.717) is 0 Å². The van der Waals surface area contributed by atoms with Gasteiger partial charge in [0.1, 0.15) is 5.56 Å². The van der Waals surface area contributed by atoms with E-state index in [0.717, 1.165) is 19.4 Å². The van der Waals surface area contributed by atoms with Gasteiger partial charge in [0.2, 0.25) is 0 Å². The van der Waals surface area contributed by atoms with Gasteiger partial charge in [-0.1, -0.05) is 0 Å². The van der Waals surface area contributed by atoms with Crippen LogP contribution < -0.4 is 4.74 Å². The van der Waals surface area contributed by atoms with E-state index in [1.807, 2.05) is 0 Å². The van der Waals surface area contributed by atoms with Crippen LogP contribution in [0.2, 0.25) is 0 Å². The van der Waals surface area contributed by atoms with E-state index in [2.05, 4.69) is 14.5 Å². The summed E-state index contributed by atoms with van der Waals surface area (Å²) >= 11 is 0. The molecule has 0 saturated heterocycles. The molecule has 0 spiro atoms. The number of nitrogens with zero attached hydrogens (tertiary/aromatic N) is 1. The molecule has 1 rings (SSSR count). The van der Waals surface area contributed by atoms with Crippen LogP contribution in [-0.4, -0.2) is 24.4 Å². The quantitative estimate of drug-likeness (QED) is 0.449. The topological polar surface area (TPSA) is 48.4 Å². The number of pyridine rings is 1. The van der Waals surface area contributed by atoms with Gasteiger partial charge in [0.25, 0.3) is 5.95 Å². The Bertz CT molecular complexity index is 405. The van der Waals surface area contributed by atoms with Crippen LogP contribution >= 0.6 is 0 Å². The number of carbonyl (C=O) groups is 1. The van der Waals surface area contributed by atoms with E-state index >= 15 is 0 Å². The molecule has 0 aliphatic rings. The number of ether oxygens (including phenoxy) is 2. The van der Waals surface area contributed by atoms with Gasteiger partial charge >= 0.3 is 12.3 Å². The second-order valence-corrected chi connectivity index (χ2v) is 2.52. The number of carbonyl (C=O) groups excluding carboxylic acids is 1. The zero-order chi connectivity index (χ0) is 12.3. The summed E-state index contributed by atoms with van der Waals surface area (Å²) in [6, 6.07) is 0.857. The number of hydrogen-bond donors (Lipinski definition) is 0. The Labute approximate surface area is 86.8 Å². The lowest BCUT2D eigenvalue weighted by Gasteiger charge is -2.11. The van der Waals surface area contributed by atoms with Crippen molar-refractivity contribution in [2.75, 3.05) is 7.11 Å². The van der Waals surface area contributed by atoms with Crippen LogP contribution in [0.1, 0.15) is 10.4 Å². The maximum absolute atomic E-state index is 12.9. The first kappa shape index (κ1) is 12.2. The number of alkyl halides is 3. The number of rotatable bonds is 2. The second kappa shape index (κ2) is 4.33. The summed E-state index contributed by atoms with van der Waals surface area (Å²) in [6.45, 7) is 0. The average Bonchev–Trinajstić information content (AvgIpc) is 2.18. The molecule has 1 heterocycles. The van der Waals surface area contributed by atoms with Crippen LogP contribution in [0.4, 0.5) is 17.6 Å². The molecular weight excluding hydrogens is 234 g/mol. The van der Waals surface area contributed by atoms with Crippen molar-refractivity contribution in [3.8, 4) is 5.75 Å². The highest BCUT2D eigenvalue weighted by molar-refractivity contribution is 5.92. The van der Waals surface area contributed by atoms with Crippen molar-refractivity contribution in [2.24, 2.45) is 0 Å². The minimum absolute atomic E-state index is 0.688. The third-order valence-electron chi connectivity index (χ3n) is 1.48. The molecule has 0 atom stereocenters. The van der Waals surface area contributed by atoms with E-state index in [4.69, 9.17) is 0 Å². The molecular formula is C8H5F4NO3. The van der Waals surface area contributed by atoms with Crippen molar-refractivity contribution >= 4 is 5.97 Å². The van der Waals surface area contributed by atoms with E-state index in [1.165, 1.54) is 0 Å². The number of esters is 1. The van der Waals surface area contributed by atoms with Crippen LogP contribution in [0.15, 0.2) is 12.3 Å². The lowest BCUT2D eigenvalue weighted by molar-refractivity contribution is -0.275. The smallest absolute Gasteiger partial charge is 0.465 e. The Balaban J connectivity index is 3.19. The van der Waals surface area contributed by atoms with E-state index < -0.39 is 29.6 Å². The van der Waals surface area contributed by atoms with Gasteiger partial charge in [-0.25, -0.2) is 9.78 Å². The van der Waals surface area contributed by atoms with Gasteiger partial charge in [0, 0.05) is 6.20 Å². The summed E-state index contributed by atoms with van der Waals surface area (Å²) < 4.78 is 56.1. The van der Waals surface area contributed by atoms with Crippen LogP contribution in [0.25, 0.3) is 0 Å². The third-order valence-corrected chi connectivity index (χ3v) is 1.48. The molecule has 8 heteroatoms. The third kappa shape index (κ3) is 2.81. The second-order valence-electron chi connectivity index (χ2n) is 2.52. The Morgan fingerprint density at radius 3 is 2.56 bits per heavy atom. The molecule has 4 nitrogen and oxygen atoms in total. The normalized spacial score (nSPS) is 11.1. The van der Waals surface area contributed by atoms with Gasteiger partial charge in [-0.2, -0.15) is 4.39 Å². The Hall–Kier alpha value is -1.86. The largest absolute Gasteiger partial charge is 0.573 e. The van der Waals surface area contributed by atoms with Crippen molar-refractivity contribution in [1.29, 1.82) is 0 Å².